The predicted octanol–water partition coefficient (Wildman–Crippen LogP) is 0.728. The molecule has 0 saturated heterocycles. The first-order valence-electron chi connectivity index (χ1n) is 6.23. The molecule has 0 aliphatic carbocycles. The van der Waals surface area contributed by atoms with Crippen LogP contribution in [0.1, 0.15) is 26.0 Å². The monoisotopic (exact) mass is 274 g/mol. The zero-order chi connectivity index (χ0) is 13.6. The molecule has 0 saturated carbocycles. The van der Waals surface area contributed by atoms with Crippen molar-refractivity contribution >= 4 is 10.0 Å². The number of nitrogens with one attached hydrogen (secondary N) is 2. The summed E-state index contributed by atoms with van der Waals surface area (Å²) in [6.07, 6.45) is 2.41. The lowest BCUT2D eigenvalue weighted by molar-refractivity contribution is 0.293. The van der Waals surface area contributed by atoms with Crippen molar-refractivity contribution in [2.45, 2.75) is 32.1 Å². The number of hydrogen-bond donors (Lipinski definition) is 2. The quantitative estimate of drug-likeness (QED) is 0.732. The van der Waals surface area contributed by atoms with Crippen molar-refractivity contribution in [1.29, 1.82) is 0 Å². The minimum Gasteiger partial charge on any atom is -0.302 e. The van der Waals surface area contributed by atoms with Gasteiger partial charge in [-0.2, -0.15) is 5.10 Å². The Kier molecular flexibility index (Phi) is 5.77. The van der Waals surface area contributed by atoms with Crippen molar-refractivity contribution in [2.24, 2.45) is 0 Å². The summed E-state index contributed by atoms with van der Waals surface area (Å²) in [4.78, 5) is 2.44. The van der Waals surface area contributed by atoms with Crippen LogP contribution >= 0.6 is 0 Å². The van der Waals surface area contributed by atoms with Gasteiger partial charge in [0, 0.05) is 13.1 Å². The summed E-state index contributed by atoms with van der Waals surface area (Å²) in [5.74, 6) is 0. The van der Waals surface area contributed by atoms with Gasteiger partial charge in [-0.1, -0.05) is 13.8 Å². The number of sulfonamides is 1. The third-order valence-corrected chi connectivity index (χ3v) is 4.36. The smallest absolute Gasteiger partial charge is 0.243 e. The Bertz CT molecular complexity index is 455. The second kappa shape index (κ2) is 6.86. The van der Waals surface area contributed by atoms with Gasteiger partial charge in [0.05, 0.1) is 11.9 Å². The lowest BCUT2D eigenvalue weighted by Gasteiger charge is -2.19. The topological polar surface area (TPSA) is 78.1 Å². The summed E-state index contributed by atoms with van der Waals surface area (Å²) in [6.45, 7) is 8.94. The number of aromatic amines is 1. The van der Waals surface area contributed by atoms with Crippen LogP contribution in [0.5, 0.6) is 0 Å². The van der Waals surface area contributed by atoms with Crippen LogP contribution in [0.3, 0.4) is 0 Å². The van der Waals surface area contributed by atoms with Crippen molar-refractivity contribution in [1.82, 2.24) is 19.8 Å². The molecule has 0 radical (unpaired) electrons. The van der Waals surface area contributed by atoms with E-state index >= 15 is 0 Å². The molecule has 0 aliphatic heterocycles. The van der Waals surface area contributed by atoms with E-state index in [-0.39, 0.29) is 4.90 Å². The maximum Gasteiger partial charge on any atom is 0.243 e. The second-order valence-electron chi connectivity index (χ2n) is 4.19. The lowest BCUT2D eigenvalue weighted by Crippen LogP contribution is -2.35. The number of aromatic nitrogens is 2. The second-order valence-corrected chi connectivity index (χ2v) is 5.93. The molecule has 0 bridgehead atoms. The van der Waals surface area contributed by atoms with Crippen molar-refractivity contribution in [2.75, 3.05) is 26.2 Å². The van der Waals surface area contributed by atoms with Crippen LogP contribution in [0.15, 0.2) is 11.1 Å². The Hall–Kier alpha value is -0.920. The fraction of sp³-hybridized carbons (Fsp3) is 0.727. The van der Waals surface area contributed by atoms with Crippen molar-refractivity contribution in [3.63, 3.8) is 0 Å². The van der Waals surface area contributed by atoms with Gasteiger partial charge in [0.15, 0.2) is 0 Å². The van der Waals surface area contributed by atoms with Gasteiger partial charge in [0.1, 0.15) is 4.90 Å². The van der Waals surface area contributed by atoms with Gasteiger partial charge in [-0.25, -0.2) is 13.1 Å². The first kappa shape index (κ1) is 15.1. The summed E-state index contributed by atoms with van der Waals surface area (Å²) < 4.78 is 26.5. The Balaban J connectivity index is 2.51. The molecular weight excluding hydrogens is 252 g/mol. The highest BCUT2D eigenvalue weighted by Gasteiger charge is 2.17. The molecule has 0 spiro atoms. The van der Waals surface area contributed by atoms with Gasteiger partial charge < -0.3 is 4.90 Å². The van der Waals surface area contributed by atoms with Crippen LogP contribution in [-0.4, -0.2) is 49.7 Å². The molecule has 1 aromatic heterocycles. The number of hydrogen-bond acceptors (Lipinski definition) is 4. The predicted molar refractivity (Wildman–Crippen MR) is 70.9 cm³/mol. The average molecular weight is 274 g/mol. The number of H-pyrrole nitrogens is 1. The van der Waals surface area contributed by atoms with E-state index in [2.05, 4.69) is 33.7 Å². The maximum atomic E-state index is 12.0. The maximum absolute atomic E-state index is 12.0. The van der Waals surface area contributed by atoms with Crippen LogP contribution in [0.2, 0.25) is 0 Å². The molecule has 0 atom stereocenters. The standard InChI is InChI=1S/C11H22N4O2S/c1-4-7-15(5-2)8-6-13-18(16,17)11-9-12-14-10(11)3/h9,13H,4-8H2,1-3H3,(H,12,14). The third-order valence-electron chi connectivity index (χ3n) is 2.78. The SMILES string of the molecule is CCCN(CC)CCNS(=O)(=O)c1cn[nH]c1C. The van der Waals surface area contributed by atoms with E-state index in [1.165, 1.54) is 6.20 Å². The van der Waals surface area contributed by atoms with Gasteiger partial charge in [-0.3, -0.25) is 5.10 Å². The van der Waals surface area contributed by atoms with E-state index < -0.39 is 10.0 Å². The van der Waals surface area contributed by atoms with Gasteiger partial charge in [0.25, 0.3) is 0 Å². The van der Waals surface area contributed by atoms with Crippen molar-refractivity contribution in [3.8, 4) is 0 Å². The molecule has 1 aromatic rings. The molecule has 104 valence electrons. The minimum atomic E-state index is -3.44. The molecule has 0 amide bonds. The molecule has 1 heterocycles. The Morgan fingerprint density at radius 2 is 2.11 bits per heavy atom. The Labute approximate surface area is 109 Å². The summed E-state index contributed by atoms with van der Waals surface area (Å²) >= 11 is 0. The minimum absolute atomic E-state index is 0.223. The number of rotatable bonds is 8. The van der Waals surface area contributed by atoms with Crippen LogP contribution in [0, 0.1) is 6.92 Å². The zero-order valence-corrected chi connectivity index (χ0v) is 12.0. The molecule has 0 fully saturated rings. The van der Waals surface area contributed by atoms with E-state index in [0.717, 1.165) is 26.1 Å². The largest absolute Gasteiger partial charge is 0.302 e. The van der Waals surface area contributed by atoms with E-state index in [0.29, 0.717) is 12.2 Å². The van der Waals surface area contributed by atoms with Crippen LogP contribution < -0.4 is 4.72 Å². The van der Waals surface area contributed by atoms with E-state index in [9.17, 15) is 8.42 Å². The Morgan fingerprint density at radius 1 is 1.39 bits per heavy atom. The van der Waals surface area contributed by atoms with Crippen molar-refractivity contribution < 1.29 is 8.42 Å². The number of likely N-dealkylation sites (N-methyl/N-ethyl adjacent to an activating group) is 1. The average Bonchev–Trinajstić information content (AvgIpc) is 2.75. The summed E-state index contributed by atoms with van der Waals surface area (Å²) in [5, 5.41) is 6.35. The Morgan fingerprint density at radius 3 is 2.61 bits per heavy atom. The van der Waals surface area contributed by atoms with Crippen molar-refractivity contribution in [3.05, 3.63) is 11.9 Å². The molecule has 1 rings (SSSR count). The molecule has 7 heteroatoms. The van der Waals surface area contributed by atoms with E-state index in [1.807, 2.05) is 0 Å². The summed E-state index contributed by atoms with van der Waals surface area (Å²) in [6, 6.07) is 0. The fourth-order valence-electron chi connectivity index (χ4n) is 1.77. The first-order chi connectivity index (χ1) is 8.51. The summed E-state index contributed by atoms with van der Waals surface area (Å²) in [7, 11) is -3.44. The molecule has 18 heavy (non-hydrogen) atoms. The fourth-order valence-corrected chi connectivity index (χ4v) is 2.93. The van der Waals surface area contributed by atoms with Gasteiger partial charge in [-0.15, -0.1) is 0 Å². The molecule has 0 aliphatic rings. The van der Waals surface area contributed by atoms with Gasteiger partial charge in [-0.05, 0) is 26.4 Å². The lowest BCUT2D eigenvalue weighted by atomic mass is 10.4. The van der Waals surface area contributed by atoms with Crippen LogP contribution in [0.4, 0.5) is 0 Å². The molecule has 0 unspecified atom stereocenters. The van der Waals surface area contributed by atoms with Gasteiger partial charge >= 0.3 is 0 Å². The molecule has 2 N–H and O–H groups in total. The first-order valence-corrected chi connectivity index (χ1v) is 7.71. The van der Waals surface area contributed by atoms with Gasteiger partial charge in [0.2, 0.25) is 10.0 Å². The number of nitrogens with zero attached hydrogens (tertiary/aromatic N) is 2. The van der Waals surface area contributed by atoms with Crippen LogP contribution in [0.25, 0.3) is 0 Å². The normalized spacial score (nSPS) is 12.2. The highest BCUT2D eigenvalue weighted by atomic mass is 32.2. The van der Waals surface area contributed by atoms with Crippen LogP contribution in [-0.2, 0) is 10.0 Å². The third kappa shape index (κ3) is 4.08. The highest BCUT2D eigenvalue weighted by molar-refractivity contribution is 7.89. The summed E-state index contributed by atoms with van der Waals surface area (Å²) in [5.41, 5.74) is 0.559. The molecule has 6 nitrogen and oxygen atoms in total. The molecule has 0 aromatic carbocycles. The zero-order valence-electron chi connectivity index (χ0n) is 11.2. The van der Waals surface area contributed by atoms with E-state index in [1.54, 1.807) is 6.92 Å². The molecular formula is C11H22N4O2S. The van der Waals surface area contributed by atoms with E-state index in [4.69, 9.17) is 0 Å². The highest BCUT2D eigenvalue weighted by Crippen LogP contribution is 2.10. The number of aryl methyl sites for hydroxylation is 1.